The van der Waals surface area contributed by atoms with Crippen LogP contribution in [0.15, 0.2) is 28.9 Å². The molecule has 0 fully saturated rings. The molecule has 1 aromatic heterocycles. The lowest BCUT2D eigenvalue weighted by Gasteiger charge is -2.07. The lowest BCUT2D eigenvalue weighted by Crippen LogP contribution is -2.02. The molecule has 0 bridgehead atoms. The van der Waals surface area contributed by atoms with Gasteiger partial charge < -0.3 is 5.32 Å². The minimum Gasteiger partial charge on any atom is -0.377 e. The van der Waals surface area contributed by atoms with Gasteiger partial charge in [-0.2, -0.15) is 5.10 Å². The van der Waals surface area contributed by atoms with Crippen molar-refractivity contribution in [1.29, 1.82) is 0 Å². The highest BCUT2D eigenvalue weighted by Crippen LogP contribution is 2.23. The number of benzene rings is 1. The summed E-state index contributed by atoms with van der Waals surface area (Å²) in [7, 11) is 0. The van der Waals surface area contributed by atoms with E-state index in [0.29, 0.717) is 6.54 Å². The summed E-state index contributed by atoms with van der Waals surface area (Å²) in [6.45, 7) is 0.359. The monoisotopic (exact) mass is 287 g/mol. The molecule has 0 aliphatic rings. The molecule has 0 saturated heterocycles. The van der Waals surface area contributed by atoms with E-state index in [1.807, 2.05) is 0 Å². The molecule has 6 heteroatoms. The number of aromatic nitrogens is 2. The average Bonchev–Trinajstić information content (AvgIpc) is 2.74. The highest BCUT2D eigenvalue weighted by atomic mass is 79.9. The Hall–Kier alpha value is -1.43. The fraction of sp³-hybridized carbons (Fsp3) is 0.100. The Bertz CT molecular complexity index is 485. The topological polar surface area (TPSA) is 40.7 Å². The van der Waals surface area contributed by atoms with Crippen molar-refractivity contribution in [3.63, 3.8) is 0 Å². The summed E-state index contributed by atoms with van der Waals surface area (Å²) < 4.78 is 26.6. The number of aromatic amines is 1. The molecular weight excluding hydrogens is 280 g/mol. The Balaban J connectivity index is 2.12. The van der Waals surface area contributed by atoms with Crippen LogP contribution >= 0.6 is 15.9 Å². The van der Waals surface area contributed by atoms with Gasteiger partial charge in [0.15, 0.2) is 0 Å². The van der Waals surface area contributed by atoms with E-state index in [1.165, 1.54) is 0 Å². The average molecular weight is 288 g/mol. The molecule has 0 saturated carbocycles. The Kier molecular flexibility index (Phi) is 3.19. The van der Waals surface area contributed by atoms with Gasteiger partial charge in [-0.15, -0.1) is 0 Å². The van der Waals surface area contributed by atoms with Crippen LogP contribution in [0.1, 0.15) is 5.69 Å². The highest BCUT2D eigenvalue weighted by Gasteiger charge is 2.07. The van der Waals surface area contributed by atoms with Gasteiger partial charge in [0.2, 0.25) is 0 Å². The summed E-state index contributed by atoms with van der Waals surface area (Å²) in [5.74, 6) is -1.01. The molecule has 16 heavy (non-hydrogen) atoms. The van der Waals surface area contributed by atoms with Crippen molar-refractivity contribution >= 4 is 21.6 Å². The van der Waals surface area contributed by atoms with Crippen LogP contribution in [0.5, 0.6) is 0 Å². The molecule has 1 aromatic carbocycles. The first kappa shape index (κ1) is 11.1. The van der Waals surface area contributed by atoms with Crippen molar-refractivity contribution in [2.45, 2.75) is 6.54 Å². The highest BCUT2D eigenvalue weighted by molar-refractivity contribution is 9.10. The summed E-state index contributed by atoms with van der Waals surface area (Å²) in [5.41, 5.74) is 0.915. The molecule has 0 radical (unpaired) electrons. The zero-order valence-corrected chi connectivity index (χ0v) is 9.68. The third-order valence-electron chi connectivity index (χ3n) is 2.04. The minimum absolute atomic E-state index is 0.108. The molecule has 3 nitrogen and oxygen atoms in total. The van der Waals surface area contributed by atoms with E-state index < -0.39 is 11.6 Å². The van der Waals surface area contributed by atoms with Gasteiger partial charge >= 0.3 is 0 Å². The van der Waals surface area contributed by atoms with Gasteiger partial charge in [-0.3, -0.25) is 5.10 Å². The van der Waals surface area contributed by atoms with E-state index in [-0.39, 0.29) is 10.2 Å². The molecule has 0 spiro atoms. The van der Waals surface area contributed by atoms with E-state index in [0.717, 1.165) is 17.8 Å². The van der Waals surface area contributed by atoms with Crippen molar-refractivity contribution in [2.75, 3.05) is 5.32 Å². The third-order valence-corrected chi connectivity index (χ3v) is 2.65. The number of nitrogens with one attached hydrogen (secondary N) is 2. The second kappa shape index (κ2) is 4.61. The van der Waals surface area contributed by atoms with Gasteiger partial charge in [-0.1, -0.05) is 0 Å². The van der Waals surface area contributed by atoms with E-state index >= 15 is 0 Å². The Morgan fingerprint density at radius 2 is 2.12 bits per heavy atom. The van der Waals surface area contributed by atoms with Crippen LogP contribution in [0.2, 0.25) is 0 Å². The SMILES string of the molecule is Fc1cc(NCc2ccn[nH]2)c(F)cc1Br. The number of anilines is 1. The third kappa shape index (κ3) is 2.38. The van der Waals surface area contributed by atoms with Crippen LogP contribution in [0, 0.1) is 11.6 Å². The summed E-state index contributed by atoms with van der Waals surface area (Å²) in [6, 6.07) is 3.94. The van der Waals surface area contributed by atoms with Gasteiger partial charge in [-0.05, 0) is 28.1 Å². The summed E-state index contributed by atoms with van der Waals surface area (Å²) in [6.07, 6.45) is 1.59. The van der Waals surface area contributed by atoms with E-state index in [2.05, 4.69) is 31.4 Å². The maximum absolute atomic E-state index is 13.4. The molecule has 0 aliphatic heterocycles. The maximum Gasteiger partial charge on any atom is 0.147 e. The number of rotatable bonds is 3. The van der Waals surface area contributed by atoms with Gasteiger partial charge in [0.25, 0.3) is 0 Å². The summed E-state index contributed by atoms with van der Waals surface area (Å²) in [4.78, 5) is 0. The van der Waals surface area contributed by atoms with Crippen LogP contribution in [-0.4, -0.2) is 10.2 Å². The number of hydrogen-bond donors (Lipinski definition) is 2. The van der Waals surface area contributed by atoms with E-state index in [9.17, 15) is 8.78 Å². The number of nitrogens with zero attached hydrogens (tertiary/aromatic N) is 1. The smallest absolute Gasteiger partial charge is 0.147 e. The van der Waals surface area contributed by atoms with E-state index in [1.54, 1.807) is 12.3 Å². The Labute approximate surface area is 99.0 Å². The number of hydrogen-bond acceptors (Lipinski definition) is 2. The Morgan fingerprint density at radius 1 is 1.31 bits per heavy atom. The maximum atomic E-state index is 13.4. The largest absolute Gasteiger partial charge is 0.377 e. The van der Waals surface area contributed by atoms with Crippen molar-refractivity contribution < 1.29 is 8.78 Å². The Morgan fingerprint density at radius 3 is 2.81 bits per heavy atom. The molecule has 1 heterocycles. The first-order valence-corrected chi connectivity index (χ1v) is 5.33. The first-order chi connectivity index (χ1) is 7.66. The van der Waals surface area contributed by atoms with Crippen molar-refractivity contribution in [3.8, 4) is 0 Å². The minimum atomic E-state index is -0.507. The summed E-state index contributed by atoms with van der Waals surface area (Å²) in [5, 5.41) is 9.24. The van der Waals surface area contributed by atoms with Gasteiger partial charge in [0.05, 0.1) is 22.4 Å². The summed E-state index contributed by atoms with van der Waals surface area (Å²) >= 11 is 2.91. The van der Waals surface area contributed by atoms with Crippen LogP contribution in [0.3, 0.4) is 0 Å². The lowest BCUT2D eigenvalue weighted by atomic mass is 10.3. The molecular formula is C10H8BrF2N3. The second-order valence-corrected chi connectivity index (χ2v) is 4.04. The predicted molar refractivity (Wildman–Crippen MR) is 60.0 cm³/mol. The second-order valence-electron chi connectivity index (χ2n) is 3.18. The van der Waals surface area contributed by atoms with Crippen LogP contribution < -0.4 is 5.32 Å². The van der Waals surface area contributed by atoms with E-state index in [4.69, 9.17) is 0 Å². The fourth-order valence-electron chi connectivity index (χ4n) is 1.23. The quantitative estimate of drug-likeness (QED) is 0.852. The number of halogens is 3. The molecule has 0 amide bonds. The van der Waals surface area contributed by atoms with Gasteiger partial charge in [0, 0.05) is 12.3 Å². The zero-order chi connectivity index (χ0) is 11.5. The molecule has 2 aromatic rings. The fourth-order valence-corrected chi connectivity index (χ4v) is 1.55. The predicted octanol–water partition coefficient (Wildman–Crippen LogP) is 3.06. The molecule has 84 valence electrons. The molecule has 0 unspecified atom stereocenters. The van der Waals surface area contributed by atoms with Crippen molar-refractivity contribution in [1.82, 2.24) is 10.2 Å². The molecule has 0 atom stereocenters. The number of H-pyrrole nitrogens is 1. The molecule has 0 aliphatic carbocycles. The lowest BCUT2D eigenvalue weighted by molar-refractivity contribution is 0.596. The molecule has 2 N–H and O–H groups in total. The van der Waals surface area contributed by atoms with Crippen molar-refractivity contribution in [2.24, 2.45) is 0 Å². The first-order valence-electron chi connectivity index (χ1n) is 4.53. The molecule has 2 rings (SSSR count). The standard InChI is InChI=1S/C10H8BrF2N3/c11-7-3-9(13)10(4-8(7)12)14-5-6-1-2-15-16-6/h1-4,14H,5H2,(H,15,16). The zero-order valence-electron chi connectivity index (χ0n) is 8.10. The normalized spacial score (nSPS) is 10.4. The van der Waals surface area contributed by atoms with Crippen molar-refractivity contribution in [3.05, 3.63) is 46.2 Å². The van der Waals surface area contributed by atoms with Crippen LogP contribution in [0.25, 0.3) is 0 Å². The van der Waals surface area contributed by atoms with Crippen LogP contribution in [0.4, 0.5) is 14.5 Å². The van der Waals surface area contributed by atoms with Gasteiger partial charge in [-0.25, -0.2) is 8.78 Å². The van der Waals surface area contributed by atoms with Gasteiger partial charge in [0.1, 0.15) is 11.6 Å². The van der Waals surface area contributed by atoms with Crippen LogP contribution in [-0.2, 0) is 6.54 Å².